The van der Waals surface area contributed by atoms with Gasteiger partial charge in [-0.3, -0.25) is 9.10 Å². The lowest BCUT2D eigenvalue weighted by Crippen LogP contribution is -2.39. The number of nitrogens with zero attached hydrogens (tertiary/aromatic N) is 2. The van der Waals surface area contributed by atoms with Crippen LogP contribution >= 0.6 is 34.8 Å². The van der Waals surface area contributed by atoms with Crippen LogP contribution in [0.15, 0.2) is 76.7 Å². The summed E-state index contributed by atoms with van der Waals surface area (Å²) < 4.78 is 27.6. The van der Waals surface area contributed by atoms with Crippen LogP contribution in [0.2, 0.25) is 15.1 Å². The van der Waals surface area contributed by atoms with Crippen molar-refractivity contribution in [2.24, 2.45) is 5.10 Å². The van der Waals surface area contributed by atoms with Gasteiger partial charge in [-0.2, -0.15) is 5.10 Å². The van der Waals surface area contributed by atoms with E-state index in [9.17, 15) is 13.2 Å². The summed E-state index contributed by atoms with van der Waals surface area (Å²) in [5.74, 6) is -0.651. The monoisotopic (exact) mass is 509 g/mol. The van der Waals surface area contributed by atoms with Gasteiger partial charge in [0.1, 0.15) is 6.54 Å². The maximum Gasteiger partial charge on any atom is 0.264 e. The molecule has 0 bridgehead atoms. The van der Waals surface area contributed by atoms with Crippen molar-refractivity contribution >= 4 is 62.6 Å². The van der Waals surface area contributed by atoms with E-state index in [1.54, 1.807) is 48.5 Å². The number of carbonyl (C=O) groups excluding carboxylic acids is 1. The number of carbonyl (C=O) groups is 1. The molecule has 0 radical (unpaired) electrons. The molecule has 6 nitrogen and oxygen atoms in total. The van der Waals surface area contributed by atoms with E-state index in [4.69, 9.17) is 34.8 Å². The molecule has 3 aromatic carbocycles. The van der Waals surface area contributed by atoms with E-state index >= 15 is 0 Å². The first-order chi connectivity index (χ1) is 15.2. The average Bonchev–Trinajstić information content (AvgIpc) is 2.74. The Morgan fingerprint density at radius 3 is 2.34 bits per heavy atom. The third kappa shape index (κ3) is 6.01. The third-order valence-electron chi connectivity index (χ3n) is 4.35. The largest absolute Gasteiger partial charge is 0.271 e. The van der Waals surface area contributed by atoms with Crippen molar-refractivity contribution in [3.63, 3.8) is 0 Å². The van der Waals surface area contributed by atoms with Crippen molar-refractivity contribution in [1.29, 1.82) is 0 Å². The molecular weight excluding hydrogens is 493 g/mol. The fraction of sp³-hybridized carbons (Fsp3) is 0.0909. The van der Waals surface area contributed by atoms with Crippen molar-refractivity contribution in [2.75, 3.05) is 10.8 Å². The van der Waals surface area contributed by atoms with Crippen LogP contribution in [-0.4, -0.2) is 27.1 Å². The normalized spacial score (nSPS) is 11.5. The van der Waals surface area contributed by atoms with Gasteiger partial charge in [0, 0.05) is 15.6 Å². The van der Waals surface area contributed by atoms with Crippen molar-refractivity contribution in [1.82, 2.24) is 5.43 Å². The van der Waals surface area contributed by atoms with Gasteiger partial charge in [-0.25, -0.2) is 13.8 Å². The highest BCUT2D eigenvalue weighted by Gasteiger charge is 2.27. The number of anilines is 1. The van der Waals surface area contributed by atoms with Crippen LogP contribution in [-0.2, 0) is 14.8 Å². The zero-order valence-corrected chi connectivity index (χ0v) is 19.9. The van der Waals surface area contributed by atoms with Crippen LogP contribution in [0.4, 0.5) is 5.69 Å². The molecule has 0 spiro atoms. The number of benzene rings is 3. The maximum absolute atomic E-state index is 13.3. The number of sulfonamides is 1. The Morgan fingerprint density at radius 2 is 1.69 bits per heavy atom. The van der Waals surface area contributed by atoms with Crippen LogP contribution in [0, 0.1) is 6.92 Å². The second kappa shape index (κ2) is 10.4. The van der Waals surface area contributed by atoms with Gasteiger partial charge in [-0.05, 0) is 49.4 Å². The Hall–Kier alpha value is -2.58. The molecule has 166 valence electrons. The minimum absolute atomic E-state index is 0.0484. The second-order valence-corrected chi connectivity index (χ2v) is 9.91. The van der Waals surface area contributed by atoms with Crippen molar-refractivity contribution in [3.8, 4) is 0 Å². The molecule has 0 saturated heterocycles. The molecule has 0 atom stereocenters. The lowest BCUT2D eigenvalue weighted by Gasteiger charge is -2.24. The molecule has 0 aliphatic rings. The van der Waals surface area contributed by atoms with Gasteiger partial charge in [0.15, 0.2) is 0 Å². The molecule has 0 unspecified atom stereocenters. The summed E-state index contributed by atoms with van der Waals surface area (Å²) in [6.07, 6.45) is 1.34. The number of nitrogens with one attached hydrogen (secondary N) is 1. The summed E-state index contributed by atoms with van der Waals surface area (Å²) in [5.41, 5.74) is 4.01. The van der Waals surface area contributed by atoms with Crippen molar-refractivity contribution in [2.45, 2.75) is 11.8 Å². The zero-order chi connectivity index (χ0) is 23.3. The van der Waals surface area contributed by atoms with Gasteiger partial charge in [-0.15, -0.1) is 0 Å². The van der Waals surface area contributed by atoms with E-state index in [-0.39, 0.29) is 10.6 Å². The van der Waals surface area contributed by atoms with E-state index in [1.165, 1.54) is 24.4 Å². The number of halogens is 3. The quantitative estimate of drug-likeness (QED) is 0.346. The Bertz CT molecular complexity index is 1260. The number of hydrogen-bond acceptors (Lipinski definition) is 4. The highest BCUT2D eigenvalue weighted by molar-refractivity contribution is 7.92. The predicted molar refractivity (Wildman–Crippen MR) is 129 cm³/mol. The van der Waals surface area contributed by atoms with Crippen LogP contribution in [0.3, 0.4) is 0 Å². The van der Waals surface area contributed by atoms with Crippen molar-refractivity contribution in [3.05, 3.63) is 92.9 Å². The van der Waals surface area contributed by atoms with E-state index in [1.807, 2.05) is 6.92 Å². The standard InChI is InChI=1S/C22H18Cl3N3O3S/c1-15-5-9-20(10-6-15)32(30,31)28(19-4-2-3-17(23)11-19)14-22(29)27-26-13-16-7-8-18(24)12-21(16)25/h2-13H,14H2,1H3,(H,27,29)/b26-13-. The fourth-order valence-corrected chi connectivity index (χ4v) is 4.78. The Kier molecular flexibility index (Phi) is 7.79. The molecule has 1 amide bonds. The van der Waals surface area contributed by atoms with E-state index in [0.717, 1.165) is 9.87 Å². The zero-order valence-electron chi connectivity index (χ0n) is 16.8. The predicted octanol–water partition coefficient (Wildman–Crippen LogP) is 5.30. The van der Waals surface area contributed by atoms with Crippen molar-refractivity contribution < 1.29 is 13.2 Å². The summed E-state index contributed by atoms with van der Waals surface area (Å²) >= 11 is 18.0. The second-order valence-electron chi connectivity index (χ2n) is 6.76. The van der Waals surface area contributed by atoms with Gasteiger partial charge in [0.25, 0.3) is 15.9 Å². The van der Waals surface area contributed by atoms with Crippen LogP contribution in [0.25, 0.3) is 0 Å². The molecular formula is C22H18Cl3N3O3S. The summed E-state index contributed by atoms with van der Waals surface area (Å²) in [6, 6.07) is 17.4. The molecule has 0 aliphatic carbocycles. The first-order valence-electron chi connectivity index (χ1n) is 9.29. The summed E-state index contributed by atoms with van der Waals surface area (Å²) in [7, 11) is -4.05. The SMILES string of the molecule is Cc1ccc(S(=O)(=O)N(CC(=O)N/N=C\c2ccc(Cl)cc2Cl)c2cccc(Cl)c2)cc1. The number of rotatable bonds is 7. The molecule has 10 heteroatoms. The van der Waals surface area contributed by atoms with Crippen LogP contribution < -0.4 is 9.73 Å². The van der Waals surface area contributed by atoms with E-state index < -0.39 is 22.5 Å². The summed E-state index contributed by atoms with van der Waals surface area (Å²) in [5, 5.41) is 5.03. The smallest absolute Gasteiger partial charge is 0.264 e. The van der Waals surface area contributed by atoms with Gasteiger partial charge < -0.3 is 0 Å². The van der Waals surface area contributed by atoms with Gasteiger partial charge in [0.05, 0.1) is 21.8 Å². The summed E-state index contributed by atoms with van der Waals surface area (Å²) in [6.45, 7) is 1.34. The number of aryl methyl sites for hydroxylation is 1. The van der Waals surface area contributed by atoms with Crippen LogP contribution in [0.1, 0.15) is 11.1 Å². The molecule has 0 saturated carbocycles. The average molecular weight is 511 g/mol. The molecule has 0 aromatic heterocycles. The molecule has 0 fully saturated rings. The lowest BCUT2D eigenvalue weighted by atomic mass is 10.2. The maximum atomic E-state index is 13.3. The minimum atomic E-state index is -4.05. The Morgan fingerprint density at radius 1 is 1.00 bits per heavy atom. The number of hydrogen-bond donors (Lipinski definition) is 1. The number of amides is 1. The van der Waals surface area contributed by atoms with Gasteiger partial charge in [0.2, 0.25) is 0 Å². The number of hydrazone groups is 1. The highest BCUT2D eigenvalue weighted by Crippen LogP contribution is 2.26. The molecule has 0 aliphatic heterocycles. The molecule has 3 rings (SSSR count). The minimum Gasteiger partial charge on any atom is -0.271 e. The Labute approximate surface area is 201 Å². The molecule has 0 heterocycles. The first kappa shape index (κ1) is 24.1. The topological polar surface area (TPSA) is 78.8 Å². The fourth-order valence-electron chi connectivity index (χ4n) is 2.73. The third-order valence-corrected chi connectivity index (χ3v) is 6.93. The van der Waals surface area contributed by atoms with E-state index in [0.29, 0.717) is 20.6 Å². The molecule has 32 heavy (non-hydrogen) atoms. The molecule has 3 aromatic rings. The Balaban J connectivity index is 1.85. The van der Waals surface area contributed by atoms with Gasteiger partial charge in [-0.1, -0.05) is 64.6 Å². The molecule has 1 N–H and O–H groups in total. The lowest BCUT2D eigenvalue weighted by molar-refractivity contribution is -0.119. The van der Waals surface area contributed by atoms with Gasteiger partial charge >= 0.3 is 0 Å². The summed E-state index contributed by atoms with van der Waals surface area (Å²) in [4.78, 5) is 12.6. The van der Waals surface area contributed by atoms with E-state index in [2.05, 4.69) is 10.5 Å². The first-order valence-corrected chi connectivity index (χ1v) is 11.9. The van der Waals surface area contributed by atoms with Crippen LogP contribution in [0.5, 0.6) is 0 Å². The highest BCUT2D eigenvalue weighted by atomic mass is 35.5.